The second-order valence-electron chi connectivity index (χ2n) is 5.88. The van der Waals surface area contributed by atoms with E-state index in [9.17, 15) is 4.79 Å². The number of hydrogen-bond donors (Lipinski definition) is 0. The van der Waals surface area contributed by atoms with E-state index in [-0.39, 0.29) is 18.2 Å². The maximum Gasteiger partial charge on any atom is 0.411 e. The minimum atomic E-state index is -0.270. The fraction of sp³-hybridized carbons (Fsp3) is 0.278. The van der Waals surface area contributed by atoms with Crippen LogP contribution in [-0.2, 0) is 11.3 Å². The molecule has 5 heteroatoms. The topological polar surface area (TPSA) is 38.8 Å². The molecule has 0 aliphatic carbocycles. The highest BCUT2D eigenvalue weighted by Crippen LogP contribution is 2.33. The van der Waals surface area contributed by atoms with E-state index in [1.54, 1.807) is 12.0 Å². The fourth-order valence-electron chi connectivity index (χ4n) is 2.93. The molecule has 2 aromatic rings. The molecule has 1 aliphatic rings. The van der Waals surface area contributed by atoms with Crippen molar-refractivity contribution in [3.05, 3.63) is 59.7 Å². The van der Waals surface area contributed by atoms with Gasteiger partial charge in [0.1, 0.15) is 19.7 Å². The molecule has 0 aromatic heterocycles. The molecule has 2 atom stereocenters. The molecule has 3 rings (SSSR count). The fourth-order valence-corrected chi connectivity index (χ4v) is 2.93. The van der Waals surface area contributed by atoms with Crippen LogP contribution in [0.15, 0.2) is 48.5 Å². The van der Waals surface area contributed by atoms with Crippen molar-refractivity contribution in [2.45, 2.75) is 25.6 Å². The Kier molecular flexibility index (Phi) is 4.28. The molecule has 1 amide bonds. The lowest BCUT2D eigenvalue weighted by molar-refractivity contribution is 0.130. The Morgan fingerprint density at radius 2 is 1.96 bits per heavy atom. The van der Waals surface area contributed by atoms with Crippen molar-refractivity contribution < 1.29 is 14.3 Å². The number of benzene rings is 2. The second kappa shape index (κ2) is 6.36. The Bertz CT molecular complexity index is 705. The summed E-state index contributed by atoms with van der Waals surface area (Å²) in [6.45, 7) is 2.55. The number of nitrogens with zero attached hydrogens (tertiary/aromatic N) is 1. The largest absolute Gasteiger partial charge is 0.497 e. The van der Waals surface area contributed by atoms with Crippen molar-refractivity contribution in [1.29, 1.82) is 0 Å². The Morgan fingerprint density at radius 1 is 1.22 bits per heavy atom. The first-order valence-electron chi connectivity index (χ1n) is 7.76. The van der Waals surface area contributed by atoms with Crippen LogP contribution < -0.4 is 10.2 Å². The molecule has 0 radical (unpaired) electrons. The summed E-state index contributed by atoms with van der Waals surface area (Å²) in [6, 6.07) is 15.8. The molecule has 23 heavy (non-hydrogen) atoms. The van der Waals surface area contributed by atoms with Gasteiger partial charge in [0, 0.05) is 6.54 Å². The molecule has 0 spiro atoms. The Morgan fingerprint density at radius 3 is 2.65 bits per heavy atom. The molecule has 1 saturated heterocycles. The van der Waals surface area contributed by atoms with Gasteiger partial charge in [-0.25, -0.2) is 4.79 Å². The SMILES string of the molecule is Bc1ccc(OC)cc1CN1C(=O)O[C@H](c2ccccc2)[C@@H]1C. The van der Waals surface area contributed by atoms with E-state index >= 15 is 0 Å². The first-order chi connectivity index (χ1) is 11.1. The van der Waals surface area contributed by atoms with Gasteiger partial charge in [0.25, 0.3) is 0 Å². The minimum absolute atomic E-state index is 0.0181. The number of rotatable bonds is 4. The van der Waals surface area contributed by atoms with Gasteiger partial charge in [-0.05, 0) is 30.2 Å². The van der Waals surface area contributed by atoms with Gasteiger partial charge in [0.05, 0.1) is 13.2 Å². The van der Waals surface area contributed by atoms with Crippen LogP contribution in [0.25, 0.3) is 0 Å². The van der Waals surface area contributed by atoms with Gasteiger partial charge in [-0.3, -0.25) is 4.90 Å². The maximum absolute atomic E-state index is 12.3. The van der Waals surface area contributed by atoms with E-state index in [0.29, 0.717) is 6.54 Å². The maximum atomic E-state index is 12.3. The van der Waals surface area contributed by atoms with Crippen LogP contribution in [-0.4, -0.2) is 32.0 Å². The van der Waals surface area contributed by atoms with E-state index in [2.05, 4.69) is 0 Å². The first-order valence-corrected chi connectivity index (χ1v) is 7.76. The first kappa shape index (κ1) is 15.5. The van der Waals surface area contributed by atoms with E-state index < -0.39 is 0 Å². The lowest BCUT2D eigenvalue weighted by Crippen LogP contribution is -2.33. The summed E-state index contributed by atoms with van der Waals surface area (Å²) < 4.78 is 10.9. The van der Waals surface area contributed by atoms with E-state index in [0.717, 1.165) is 22.3 Å². The highest BCUT2D eigenvalue weighted by atomic mass is 16.6. The average molecular weight is 309 g/mol. The molecule has 1 aliphatic heterocycles. The zero-order valence-electron chi connectivity index (χ0n) is 13.7. The summed E-state index contributed by atoms with van der Waals surface area (Å²) in [7, 11) is 3.68. The van der Waals surface area contributed by atoms with E-state index in [1.807, 2.05) is 63.3 Å². The molecular weight excluding hydrogens is 289 g/mol. The lowest BCUT2D eigenvalue weighted by Gasteiger charge is -2.22. The van der Waals surface area contributed by atoms with Gasteiger partial charge >= 0.3 is 6.09 Å². The molecule has 0 N–H and O–H groups in total. The molecular formula is C18H20BNO3. The van der Waals surface area contributed by atoms with Gasteiger partial charge in [0.2, 0.25) is 0 Å². The molecule has 0 saturated carbocycles. The summed E-state index contributed by atoms with van der Waals surface area (Å²) >= 11 is 0. The van der Waals surface area contributed by atoms with Crippen LogP contribution in [0.5, 0.6) is 5.75 Å². The van der Waals surface area contributed by atoms with Gasteiger partial charge < -0.3 is 9.47 Å². The van der Waals surface area contributed by atoms with Crippen molar-refractivity contribution in [3.63, 3.8) is 0 Å². The number of amides is 1. The van der Waals surface area contributed by atoms with Gasteiger partial charge in [-0.2, -0.15) is 0 Å². The second-order valence-corrected chi connectivity index (χ2v) is 5.88. The van der Waals surface area contributed by atoms with Gasteiger partial charge in [0.15, 0.2) is 0 Å². The third-order valence-electron chi connectivity index (χ3n) is 4.42. The third-order valence-corrected chi connectivity index (χ3v) is 4.42. The molecule has 0 unspecified atom stereocenters. The van der Waals surface area contributed by atoms with Crippen LogP contribution in [0.2, 0.25) is 0 Å². The van der Waals surface area contributed by atoms with Crippen LogP contribution in [0.1, 0.15) is 24.2 Å². The Balaban J connectivity index is 1.82. The zero-order valence-corrected chi connectivity index (χ0v) is 13.7. The van der Waals surface area contributed by atoms with Crippen molar-refractivity contribution >= 4 is 19.4 Å². The smallest absolute Gasteiger partial charge is 0.411 e. The molecule has 2 aromatic carbocycles. The highest BCUT2D eigenvalue weighted by molar-refractivity contribution is 6.33. The lowest BCUT2D eigenvalue weighted by atomic mass is 9.90. The summed E-state index contributed by atoms with van der Waals surface area (Å²) in [5.74, 6) is 0.797. The monoisotopic (exact) mass is 309 g/mol. The Labute approximate surface area is 137 Å². The number of cyclic esters (lactones) is 1. The summed E-state index contributed by atoms with van der Waals surface area (Å²) in [6.07, 6.45) is -0.497. The summed E-state index contributed by atoms with van der Waals surface area (Å²) in [5.41, 5.74) is 3.23. The van der Waals surface area contributed by atoms with E-state index in [1.165, 1.54) is 0 Å². The average Bonchev–Trinajstić information content (AvgIpc) is 2.85. The molecule has 1 heterocycles. The molecule has 1 fully saturated rings. The number of carbonyl (C=O) groups is 1. The summed E-state index contributed by atoms with van der Waals surface area (Å²) in [5, 5.41) is 0. The Hall–Kier alpha value is -2.43. The number of hydrogen-bond acceptors (Lipinski definition) is 3. The van der Waals surface area contributed by atoms with Crippen LogP contribution in [0, 0.1) is 0 Å². The van der Waals surface area contributed by atoms with Crippen LogP contribution in [0.4, 0.5) is 4.79 Å². The predicted molar refractivity (Wildman–Crippen MR) is 91.8 cm³/mol. The molecule has 4 nitrogen and oxygen atoms in total. The summed E-state index contributed by atoms with van der Waals surface area (Å²) in [4.78, 5) is 14.1. The van der Waals surface area contributed by atoms with Crippen molar-refractivity contribution in [1.82, 2.24) is 4.90 Å². The van der Waals surface area contributed by atoms with Crippen molar-refractivity contribution in [2.24, 2.45) is 0 Å². The number of ether oxygens (including phenoxy) is 2. The predicted octanol–water partition coefficient (Wildman–Crippen LogP) is 2.04. The normalized spacial score (nSPS) is 20.4. The van der Waals surface area contributed by atoms with E-state index in [4.69, 9.17) is 9.47 Å². The van der Waals surface area contributed by atoms with Gasteiger partial charge in [-0.1, -0.05) is 41.9 Å². The van der Waals surface area contributed by atoms with Crippen molar-refractivity contribution in [3.8, 4) is 5.75 Å². The van der Waals surface area contributed by atoms with Gasteiger partial charge in [-0.15, -0.1) is 0 Å². The van der Waals surface area contributed by atoms with Crippen LogP contribution in [0.3, 0.4) is 0 Å². The van der Waals surface area contributed by atoms with Crippen molar-refractivity contribution in [2.75, 3.05) is 7.11 Å². The number of carbonyl (C=O) groups excluding carboxylic acids is 1. The highest BCUT2D eigenvalue weighted by Gasteiger charge is 2.39. The molecule has 118 valence electrons. The third kappa shape index (κ3) is 3.04. The quantitative estimate of drug-likeness (QED) is 0.811. The standard InChI is InChI=1S/C18H20BNO3/c1-12-17(13-6-4-3-5-7-13)23-18(21)20(12)11-14-10-15(22-2)8-9-16(14)19/h3-10,12,17H,11,19H2,1-2H3/t12-,17-/m0/s1. The zero-order chi connectivity index (χ0) is 16.4. The molecule has 0 bridgehead atoms. The number of methoxy groups -OCH3 is 1. The minimum Gasteiger partial charge on any atom is -0.497 e. The van der Waals surface area contributed by atoms with Crippen LogP contribution >= 0.6 is 0 Å².